The summed E-state index contributed by atoms with van der Waals surface area (Å²) in [5.41, 5.74) is -0.531. The summed E-state index contributed by atoms with van der Waals surface area (Å²) < 4.78 is 5.61. The number of hydrogen-bond donors (Lipinski definition) is 0. The van der Waals surface area contributed by atoms with E-state index in [9.17, 15) is 9.59 Å². The standard InChI is InChI=1S/C14H12ClNO3/c15-12-6-14(10-18,13(8-17)16-7-12)19-9-11-4-2-1-3-5-11/h1-8,10,13H,9H2. The lowest BCUT2D eigenvalue weighted by Gasteiger charge is -2.30. The molecule has 0 N–H and O–H groups in total. The van der Waals surface area contributed by atoms with E-state index >= 15 is 0 Å². The number of rotatable bonds is 5. The highest BCUT2D eigenvalue weighted by atomic mass is 35.5. The molecule has 0 saturated carbocycles. The molecule has 0 radical (unpaired) electrons. The molecule has 2 unspecified atom stereocenters. The fourth-order valence-corrected chi connectivity index (χ4v) is 2.02. The van der Waals surface area contributed by atoms with Gasteiger partial charge in [-0.05, 0) is 11.6 Å². The van der Waals surface area contributed by atoms with E-state index in [1.165, 1.54) is 12.3 Å². The third kappa shape index (κ3) is 2.97. The van der Waals surface area contributed by atoms with Crippen molar-refractivity contribution < 1.29 is 14.3 Å². The fraction of sp³-hybridized carbons (Fsp3) is 0.214. The number of ether oxygens (including phenoxy) is 1. The summed E-state index contributed by atoms with van der Waals surface area (Å²) in [6.45, 7) is 0.195. The molecule has 5 heteroatoms. The van der Waals surface area contributed by atoms with Crippen molar-refractivity contribution in [3.63, 3.8) is 0 Å². The minimum absolute atomic E-state index is 0.195. The molecule has 1 aromatic carbocycles. The maximum absolute atomic E-state index is 11.4. The van der Waals surface area contributed by atoms with Gasteiger partial charge in [-0.25, -0.2) is 0 Å². The first-order valence-electron chi connectivity index (χ1n) is 5.71. The SMILES string of the molecule is O=CC1N=CC(Cl)=CC1(C=O)OCc1ccccc1. The van der Waals surface area contributed by atoms with Crippen molar-refractivity contribution >= 4 is 30.4 Å². The third-order valence-corrected chi connectivity index (χ3v) is 3.04. The number of halogens is 1. The lowest BCUT2D eigenvalue weighted by Crippen LogP contribution is -2.46. The molecule has 0 spiro atoms. The van der Waals surface area contributed by atoms with Gasteiger partial charge >= 0.3 is 0 Å². The van der Waals surface area contributed by atoms with Crippen molar-refractivity contribution in [1.82, 2.24) is 0 Å². The predicted octanol–water partition coefficient (Wildman–Crippen LogP) is 1.92. The Bertz CT molecular complexity index is 527. The van der Waals surface area contributed by atoms with Gasteiger partial charge in [-0.3, -0.25) is 9.79 Å². The monoisotopic (exact) mass is 277 g/mol. The van der Waals surface area contributed by atoms with Gasteiger partial charge in [0.15, 0.2) is 11.9 Å². The highest BCUT2D eigenvalue weighted by Gasteiger charge is 2.40. The van der Waals surface area contributed by atoms with E-state index in [-0.39, 0.29) is 11.6 Å². The topological polar surface area (TPSA) is 55.7 Å². The smallest absolute Gasteiger partial charge is 0.172 e. The molecule has 2 rings (SSSR count). The number of aliphatic imine (C=N–C) groups is 1. The van der Waals surface area contributed by atoms with E-state index in [4.69, 9.17) is 16.3 Å². The van der Waals surface area contributed by atoms with Crippen LogP contribution in [0.25, 0.3) is 0 Å². The molecule has 1 heterocycles. The molecule has 0 aromatic heterocycles. The average Bonchev–Trinajstić information content (AvgIpc) is 2.46. The predicted molar refractivity (Wildman–Crippen MR) is 72.3 cm³/mol. The lowest BCUT2D eigenvalue weighted by atomic mass is 9.94. The van der Waals surface area contributed by atoms with E-state index in [1.54, 1.807) is 0 Å². The van der Waals surface area contributed by atoms with Gasteiger partial charge in [-0.2, -0.15) is 0 Å². The largest absolute Gasteiger partial charge is 0.356 e. The van der Waals surface area contributed by atoms with E-state index in [1.807, 2.05) is 30.3 Å². The maximum Gasteiger partial charge on any atom is 0.172 e. The second kappa shape index (κ2) is 5.91. The average molecular weight is 278 g/mol. The van der Waals surface area contributed by atoms with Gasteiger partial charge < -0.3 is 9.53 Å². The minimum Gasteiger partial charge on any atom is -0.356 e. The number of benzene rings is 1. The van der Waals surface area contributed by atoms with Gasteiger partial charge in [0.2, 0.25) is 0 Å². The van der Waals surface area contributed by atoms with Crippen LogP contribution in [-0.2, 0) is 20.9 Å². The second-order valence-electron chi connectivity index (χ2n) is 4.13. The number of carbonyl (C=O) groups is 2. The third-order valence-electron chi connectivity index (χ3n) is 2.83. The normalized spacial score (nSPS) is 25.7. The van der Waals surface area contributed by atoms with Crippen LogP contribution in [-0.4, -0.2) is 30.4 Å². The molecule has 19 heavy (non-hydrogen) atoms. The molecule has 98 valence electrons. The number of allylic oxidation sites excluding steroid dienone is 1. The van der Waals surface area contributed by atoms with Crippen LogP contribution in [0.5, 0.6) is 0 Å². The lowest BCUT2D eigenvalue weighted by molar-refractivity contribution is -0.133. The Morgan fingerprint density at radius 1 is 1.32 bits per heavy atom. The van der Waals surface area contributed by atoms with E-state index in [0.717, 1.165) is 5.56 Å². The number of aldehydes is 2. The van der Waals surface area contributed by atoms with E-state index in [0.29, 0.717) is 12.6 Å². The zero-order valence-electron chi connectivity index (χ0n) is 10.0. The van der Waals surface area contributed by atoms with Gasteiger partial charge in [0.1, 0.15) is 12.3 Å². The summed E-state index contributed by atoms with van der Waals surface area (Å²) in [6, 6.07) is 8.44. The number of nitrogens with zero attached hydrogens (tertiary/aromatic N) is 1. The van der Waals surface area contributed by atoms with Gasteiger partial charge in [-0.15, -0.1) is 0 Å². The van der Waals surface area contributed by atoms with Crippen molar-refractivity contribution in [2.75, 3.05) is 0 Å². The van der Waals surface area contributed by atoms with Crippen LogP contribution in [0, 0.1) is 0 Å². The number of hydrogen-bond acceptors (Lipinski definition) is 4. The van der Waals surface area contributed by atoms with E-state index < -0.39 is 11.6 Å². The zero-order chi connectivity index (χ0) is 13.7. The second-order valence-corrected chi connectivity index (χ2v) is 4.57. The molecular weight excluding hydrogens is 266 g/mol. The molecule has 1 aromatic rings. The van der Waals surface area contributed by atoms with Crippen LogP contribution in [0.2, 0.25) is 0 Å². The Hall–Kier alpha value is -1.78. The first-order valence-corrected chi connectivity index (χ1v) is 6.09. The summed E-state index contributed by atoms with van der Waals surface area (Å²) in [5.74, 6) is 0. The molecular formula is C14H12ClNO3. The summed E-state index contributed by atoms with van der Waals surface area (Å²) >= 11 is 5.84. The number of dihydropyridines is 1. The number of carbonyl (C=O) groups excluding carboxylic acids is 2. The molecule has 0 fully saturated rings. The first-order chi connectivity index (χ1) is 9.20. The van der Waals surface area contributed by atoms with Crippen LogP contribution in [0.15, 0.2) is 46.4 Å². The zero-order valence-corrected chi connectivity index (χ0v) is 10.8. The van der Waals surface area contributed by atoms with Crippen LogP contribution in [0.3, 0.4) is 0 Å². The van der Waals surface area contributed by atoms with Crippen LogP contribution in [0.1, 0.15) is 5.56 Å². The van der Waals surface area contributed by atoms with Crippen LogP contribution < -0.4 is 0 Å². The molecule has 1 aliphatic rings. The molecule has 1 aliphatic heterocycles. The summed E-state index contributed by atoms with van der Waals surface area (Å²) in [5, 5.41) is 0.276. The van der Waals surface area contributed by atoms with Crippen molar-refractivity contribution in [2.45, 2.75) is 18.2 Å². The molecule has 0 aliphatic carbocycles. The summed E-state index contributed by atoms with van der Waals surface area (Å²) in [7, 11) is 0. The Kier molecular flexibility index (Phi) is 4.24. The molecule has 4 nitrogen and oxygen atoms in total. The Morgan fingerprint density at radius 2 is 2.05 bits per heavy atom. The van der Waals surface area contributed by atoms with Gasteiger partial charge in [0.05, 0.1) is 11.6 Å². The highest BCUT2D eigenvalue weighted by Crippen LogP contribution is 2.25. The Labute approximate surface area is 115 Å². The van der Waals surface area contributed by atoms with Crippen molar-refractivity contribution in [3.05, 3.63) is 47.0 Å². The van der Waals surface area contributed by atoms with E-state index in [2.05, 4.69) is 4.99 Å². The molecule has 0 bridgehead atoms. The Morgan fingerprint density at radius 3 is 2.68 bits per heavy atom. The van der Waals surface area contributed by atoms with Gasteiger partial charge in [-0.1, -0.05) is 41.9 Å². The molecule has 0 amide bonds. The van der Waals surface area contributed by atoms with Crippen molar-refractivity contribution in [3.8, 4) is 0 Å². The van der Waals surface area contributed by atoms with Crippen LogP contribution >= 0.6 is 11.6 Å². The maximum atomic E-state index is 11.4. The Balaban J connectivity index is 2.20. The minimum atomic E-state index is -1.43. The van der Waals surface area contributed by atoms with Crippen molar-refractivity contribution in [2.24, 2.45) is 4.99 Å². The summed E-state index contributed by atoms with van der Waals surface area (Å²) in [6.07, 6.45) is 3.90. The first kappa shape index (κ1) is 13.6. The van der Waals surface area contributed by atoms with Crippen LogP contribution in [0.4, 0.5) is 0 Å². The molecule has 2 atom stereocenters. The fourth-order valence-electron chi connectivity index (χ4n) is 1.80. The summed E-state index contributed by atoms with van der Waals surface area (Å²) in [4.78, 5) is 26.3. The quantitative estimate of drug-likeness (QED) is 0.773. The van der Waals surface area contributed by atoms with Gasteiger partial charge in [0.25, 0.3) is 0 Å². The molecule has 0 saturated heterocycles. The highest BCUT2D eigenvalue weighted by molar-refractivity contribution is 6.39. The van der Waals surface area contributed by atoms with Crippen molar-refractivity contribution in [1.29, 1.82) is 0 Å². The van der Waals surface area contributed by atoms with Gasteiger partial charge in [0, 0.05) is 6.21 Å².